The third-order valence-corrected chi connectivity index (χ3v) is 3.44. The number of anilines is 1. The van der Waals surface area contributed by atoms with Crippen molar-refractivity contribution in [3.05, 3.63) is 24.0 Å². The van der Waals surface area contributed by atoms with Crippen molar-refractivity contribution < 1.29 is 4.39 Å². The highest BCUT2D eigenvalue weighted by Crippen LogP contribution is 2.33. The molecular formula is C13H16FN5. The summed E-state index contributed by atoms with van der Waals surface area (Å²) >= 11 is 0. The van der Waals surface area contributed by atoms with Crippen LogP contribution in [0.5, 0.6) is 0 Å². The molecule has 3 rings (SSSR count). The molecule has 19 heavy (non-hydrogen) atoms. The third-order valence-electron chi connectivity index (χ3n) is 3.44. The molecule has 100 valence electrons. The third kappa shape index (κ3) is 2.72. The smallest absolute Gasteiger partial charge is 0.185 e. The predicted molar refractivity (Wildman–Crippen MR) is 69.6 cm³/mol. The lowest BCUT2D eigenvalue weighted by Crippen LogP contribution is -2.04. The molecule has 2 N–H and O–H groups in total. The quantitative estimate of drug-likeness (QED) is 0.838. The average molecular weight is 261 g/mol. The van der Waals surface area contributed by atoms with E-state index in [-0.39, 0.29) is 5.82 Å². The van der Waals surface area contributed by atoms with Crippen LogP contribution >= 0.6 is 0 Å². The number of aryl methyl sites for hydroxylation is 1. The highest BCUT2D eigenvalue weighted by atomic mass is 19.1. The fourth-order valence-electron chi connectivity index (χ4n) is 2.20. The summed E-state index contributed by atoms with van der Waals surface area (Å²) in [5, 5.41) is 11.5. The Kier molecular flexibility index (Phi) is 3.15. The molecule has 0 bridgehead atoms. The minimum absolute atomic E-state index is 0.354. The van der Waals surface area contributed by atoms with Gasteiger partial charge in [-0.2, -0.15) is 0 Å². The van der Waals surface area contributed by atoms with Crippen LogP contribution in [-0.4, -0.2) is 20.2 Å². The number of benzene rings is 1. The van der Waals surface area contributed by atoms with Crippen molar-refractivity contribution in [2.75, 3.05) is 5.73 Å². The fraction of sp³-hybridized carbons (Fsp3) is 0.462. The van der Waals surface area contributed by atoms with Crippen molar-refractivity contribution in [3.8, 4) is 11.4 Å². The number of tetrazole rings is 1. The molecule has 0 aliphatic heterocycles. The van der Waals surface area contributed by atoms with Crippen molar-refractivity contribution in [3.63, 3.8) is 0 Å². The zero-order valence-electron chi connectivity index (χ0n) is 10.6. The summed E-state index contributed by atoms with van der Waals surface area (Å²) in [6.45, 7) is 0.715. The van der Waals surface area contributed by atoms with E-state index in [0.717, 1.165) is 12.3 Å². The summed E-state index contributed by atoms with van der Waals surface area (Å²) in [4.78, 5) is 0. The second kappa shape index (κ2) is 4.95. The molecule has 1 saturated carbocycles. The van der Waals surface area contributed by atoms with E-state index >= 15 is 0 Å². The molecule has 1 aromatic carbocycles. The number of rotatable bonds is 5. The number of nitrogen functional groups attached to an aromatic ring is 1. The van der Waals surface area contributed by atoms with Crippen LogP contribution in [0, 0.1) is 11.7 Å². The van der Waals surface area contributed by atoms with Gasteiger partial charge in [0.1, 0.15) is 5.82 Å². The summed E-state index contributed by atoms with van der Waals surface area (Å²) in [5.41, 5.74) is 6.55. The molecule has 1 aliphatic rings. The summed E-state index contributed by atoms with van der Waals surface area (Å²) in [7, 11) is 0. The SMILES string of the molecule is Nc1ccc(F)c(-c2nnnn2CCCC2CC2)c1. The molecule has 0 spiro atoms. The van der Waals surface area contributed by atoms with Crippen molar-refractivity contribution in [2.24, 2.45) is 5.92 Å². The second-order valence-electron chi connectivity index (χ2n) is 5.05. The van der Waals surface area contributed by atoms with Gasteiger partial charge in [-0.1, -0.05) is 12.8 Å². The van der Waals surface area contributed by atoms with Gasteiger partial charge in [0.05, 0.1) is 5.56 Å². The van der Waals surface area contributed by atoms with Crippen LogP contribution in [0.1, 0.15) is 25.7 Å². The summed E-state index contributed by atoms with van der Waals surface area (Å²) in [6, 6.07) is 4.44. The van der Waals surface area contributed by atoms with Gasteiger partial charge in [-0.05, 0) is 47.4 Å². The monoisotopic (exact) mass is 261 g/mol. The Balaban J connectivity index is 1.79. The first-order chi connectivity index (χ1) is 9.24. The normalized spacial score (nSPS) is 14.8. The van der Waals surface area contributed by atoms with Crippen molar-refractivity contribution in [2.45, 2.75) is 32.2 Å². The number of nitrogens with two attached hydrogens (primary N) is 1. The number of aromatic nitrogens is 4. The molecule has 0 amide bonds. The summed E-state index contributed by atoms with van der Waals surface area (Å²) in [5.74, 6) is 0.970. The zero-order chi connectivity index (χ0) is 13.2. The first-order valence-corrected chi connectivity index (χ1v) is 6.55. The van der Waals surface area contributed by atoms with Crippen molar-refractivity contribution in [1.29, 1.82) is 0 Å². The van der Waals surface area contributed by atoms with Gasteiger partial charge < -0.3 is 5.73 Å². The molecule has 0 saturated heterocycles. The lowest BCUT2D eigenvalue weighted by Gasteiger charge is -2.06. The van der Waals surface area contributed by atoms with Gasteiger partial charge in [-0.15, -0.1) is 5.10 Å². The molecule has 0 radical (unpaired) electrons. The van der Waals surface area contributed by atoms with E-state index in [9.17, 15) is 4.39 Å². The van der Waals surface area contributed by atoms with Gasteiger partial charge in [0.2, 0.25) is 0 Å². The molecule has 1 aromatic heterocycles. The standard InChI is InChI=1S/C13H16FN5/c14-12-6-5-10(15)8-11(12)13-16-17-18-19(13)7-1-2-9-3-4-9/h5-6,8-9H,1-4,7,15H2. The Labute approximate surface area is 110 Å². The molecule has 0 unspecified atom stereocenters. The molecular weight excluding hydrogens is 245 g/mol. The Bertz CT molecular complexity index is 576. The van der Waals surface area contributed by atoms with Gasteiger partial charge in [0.25, 0.3) is 0 Å². The van der Waals surface area contributed by atoms with Gasteiger partial charge in [0.15, 0.2) is 5.82 Å². The first kappa shape index (κ1) is 12.1. The highest BCUT2D eigenvalue weighted by molar-refractivity contribution is 5.61. The van der Waals surface area contributed by atoms with Crippen LogP contribution in [0.15, 0.2) is 18.2 Å². The minimum Gasteiger partial charge on any atom is -0.399 e. The maximum Gasteiger partial charge on any atom is 0.185 e. The number of halogens is 1. The van der Waals surface area contributed by atoms with Crippen LogP contribution < -0.4 is 5.73 Å². The Morgan fingerprint density at radius 1 is 1.37 bits per heavy atom. The number of hydrogen-bond acceptors (Lipinski definition) is 4. The number of hydrogen-bond donors (Lipinski definition) is 1. The Morgan fingerprint density at radius 3 is 3.00 bits per heavy atom. The average Bonchev–Trinajstić information content (AvgIpc) is 3.10. The highest BCUT2D eigenvalue weighted by Gasteiger charge is 2.21. The van der Waals surface area contributed by atoms with Crippen molar-refractivity contribution >= 4 is 5.69 Å². The molecule has 1 fully saturated rings. The Hall–Kier alpha value is -1.98. The zero-order valence-corrected chi connectivity index (χ0v) is 10.6. The van der Waals surface area contributed by atoms with Gasteiger partial charge in [-0.3, -0.25) is 0 Å². The van der Waals surface area contributed by atoms with E-state index in [4.69, 9.17) is 5.73 Å². The lowest BCUT2D eigenvalue weighted by atomic mass is 10.1. The minimum atomic E-state index is -0.354. The summed E-state index contributed by atoms with van der Waals surface area (Å²) < 4.78 is 15.5. The van der Waals surface area contributed by atoms with E-state index in [1.54, 1.807) is 10.7 Å². The maximum absolute atomic E-state index is 13.8. The fourth-order valence-corrected chi connectivity index (χ4v) is 2.20. The van der Waals surface area contributed by atoms with Crippen molar-refractivity contribution in [1.82, 2.24) is 20.2 Å². The Morgan fingerprint density at radius 2 is 2.21 bits per heavy atom. The van der Waals surface area contributed by atoms with Crippen LogP contribution in [0.3, 0.4) is 0 Å². The van der Waals surface area contributed by atoms with E-state index < -0.39 is 0 Å². The van der Waals surface area contributed by atoms with Crippen LogP contribution in [0.25, 0.3) is 11.4 Å². The van der Waals surface area contributed by atoms with Crippen LogP contribution in [-0.2, 0) is 6.54 Å². The number of nitrogens with zero attached hydrogens (tertiary/aromatic N) is 4. The predicted octanol–water partition coefficient (Wildman–Crippen LogP) is 2.25. The van der Waals surface area contributed by atoms with Crippen LogP contribution in [0.4, 0.5) is 10.1 Å². The maximum atomic E-state index is 13.8. The van der Waals surface area contributed by atoms with Gasteiger partial charge in [-0.25, -0.2) is 9.07 Å². The molecule has 1 heterocycles. The van der Waals surface area contributed by atoms with Gasteiger partial charge >= 0.3 is 0 Å². The van der Waals surface area contributed by atoms with E-state index in [1.807, 2.05) is 0 Å². The lowest BCUT2D eigenvalue weighted by molar-refractivity contribution is 0.525. The largest absolute Gasteiger partial charge is 0.399 e. The molecule has 5 nitrogen and oxygen atoms in total. The molecule has 1 aliphatic carbocycles. The topological polar surface area (TPSA) is 69.6 Å². The molecule has 2 aromatic rings. The first-order valence-electron chi connectivity index (χ1n) is 6.55. The van der Waals surface area contributed by atoms with E-state index in [2.05, 4.69) is 15.5 Å². The van der Waals surface area contributed by atoms with E-state index in [1.165, 1.54) is 31.4 Å². The molecule has 6 heteroatoms. The van der Waals surface area contributed by atoms with E-state index in [0.29, 0.717) is 23.6 Å². The summed E-state index contributed by atoms with van der Waals surface area (Å²) in [6.07, 6.45) is 4.89. The second-order valence-corrected chi connectivity index (χ2v) is 5.05. The van der Waals surface area contributed by atoms with Gasteiger partial charge in [0, 0.05) is 12.2 Å². The van der Waals surface area contributed by atoms with Crippen LogP contribution in [0.2, 0.25) is 0 Å². The molecule has 0 atom stereocenters.